The van der Waals surface area contributed by atoms with Crippen molar-refractivity contribution in [3.8, 4) is 6.07 Å². The summed E-state index contributed by atoms with van der Waals surface area (Å²) in [5.74, 6) is 0.160. The maximum Gasteiger partial charge on any atom is 0.232 e. The molecule has 5 nitrogen and oxygen atoms in total. The summed E-state index contributed by atoms with van der Waals surface area (Å²) in [7, 11) is -1.82. The van der Waals surface area contributed by atoms with Crippen LogP contribution in [0.15, 0.2) is 6.20 Å². The molecule has 1 fully saturated rings. The fourth-order valence-electron chi connectivity index (χ4n) is 4.50. The van der Waals surface area contributed by atoms with Crippen LogP contribution < -0.4 is 5.32 Å². The van der Waals surface area contributed by atoms with Crippen molar-refractivity contribution < 1.29 is 8.82 Å². The SMILES string of the molecule is CC(C)[Si](OCC1CC(Nc2ncc(F)nc2C#N)C1)(C(C)C)C(C)C. The van der Waals surface area contributed by atoms with E-state index in [4.69, 9.17) is 9.69 Å². The third-order valence-electron chi connectivity index (χ3n) is 5.70. The van der Waals surface area contributed by atoms with Gasteiger partial charge in [-0.15, -0.1) is 0 Å². The molecular weight excluding hydrogens is 347 g/mol. The number of nitrogens with zero attached hydrogens (tertiary/aromatic N) is 3. The first-order valence-corrected chi connectivity index (χ1v) is 11.7. The maximum absolute atomic E-state index is 13.1. The Balaban J connectivity index is 1.90. The van der Waals surface area contributed by atoms with E-state index in [0.717, 1.165) is 25.6 Å². The Bertz CT molecular complexity index is 632. The van der Waals surface area contributed by atoms with Crippen molar-refractivity contribution >= 4 is 14.1 Å². The Morgan fingerprint density at radius 2 is 1.81 bits per heavy atom. The van der Waals surface area contributed by atoms with Gasteiger partial charge in [0.15, 0.2) is 19.8 Å². The molecule has 0 atom stereocenters. The molecule has 1 aromatic rings. The lowest BCUT2D eigenvalue weighted by Crippen LogP contribution is -2.50. The summed E-state index contributed by atoms with van der Waals surface area (Å²) in [5, 5.41) is 12.3. The Labute approximate surface area is 157 Å². The second kappa shape index (κ2) is 8.44. The van der Waals surface area contributed by atoms with Gasteiger partial charge >= 0.3 is 0 Å². The minimum Gasteiger partial charge on any atom is -0.416 e. The zero-order chi connectivity index (χ0) is 19.5. The van der Waals surface area contributed by atoms with E-state index in [9.17, 15) is 4.39 Å². The highest BCUT2D eigenvalue weighted by Gasteiger charge is 2.46. The second-order valence-electron chi connectivity index (χ2n) is 8.31. The van der Waals surface area contributed by atoms with Crippen LogP contribution in [0.25, 0.3) is 0 Å². The Kier molecular flexibility index (Phi) is 6.75. The molecule has 1 aromatic heterocycles. The van der Waals surface area contributed by atoms with E-state index in [-0.39, 0.29) is 11.7 Å². The molecule has 0 spiro atoms. The molecule has 0 unspecified atom stereocenters. The molecule has 144 valence electrons. The van der Waals surface area contributed by atoms with Gasteiger partial charge in [0.05, 0.1) is 6.20 Å². The first-order chi connectivity index (χ1) is 12.2. The average Bonchev–Trinajstić information content (AvgIpc) is 2.52. The Morgan fingerprint density at radius 3 is 2.31 bits per heavy atom. The molecule has 0 aromatic carbocycles. The van der Waals surface area contributed by atoms with Gasteiger partial charge in [0.25, 0.3) is 0 Å². The lowest BCUT2D eigenvalue weighted by Gasteiger charge is -2.45. The van der Waals surface area contributed by atoms with Crippen molar-refractivity contribution in [2.45, 2.75) is 77.0 Å². The van der Waals surface area contributed by atoms with Crippen LogP contribution in [0.5, 0.6) is 0 Å². The van der Waals surface area contributed by atoms with Crippen molar-refractivity contribution in [2.75, 3.05) is 11.9 Å². The molecule has 0 saturated heterocycles. The minimum atomic E-state index is -1.82. The summed E-state index contributed by atoms with van der Waals surface area (Å²) in [6.45, 7) is 14.6. The van der Waals surface area contributed by atoms with Crippen LogP contribution in [0, 0.1) is 23.2 Å². The van der Waals surface area contributed by atoms with Gasteiger partial charge in [0.2, 0.25) is 5.95 Å². The van der Waals surface area contributed by atoms with Crippen LogP contribution in [-0.4, -0.2) is 30.9 Å². The molecule has 0 bridgehead atoms. The molecular formula is C19H31FN4OSi. The van der Waals surface area contributed by atoms with Gasteiger partial charge in [-0.05, 0) is 35.4 Å². The van der Waals surface area contributed by atoms with Crippen LogP contribution >= 0.6 is 0 Å². The van der Waals surface area contributed by atoms with Crippen LogP contribution in [0.4, 0.5) is 10.2 Å². The van der Waals surface area contributed by atoms with E-state index in [1.807, 2.05) is 6.07 Å². The molecule has 1 heterocycles. The molecule has 1 saturated carbocycles. The van der Waals surface area contributed by atoms with Crippen molar-refractivity contribution in [1.29, 1.82) is 5.26 Å². The van der Waals surface area contributed by atoms with E-state index in [1.165, 1.54) is 0 Å². The molecule has 0 aliphatic heterocycles. The Hall–Kier alpha value is -1.52. The van der Waals surface area contributed by atoms with Gasteiger partial charge in [-0.25, -0.2) is 9.97 Å². The number of anilines is 1. The lowest BCUT2D eigenvalue weighted by molar-refractivity contribution is 0.151. The van der Waals surface area contributed by atoms with Gasteiger partial charge in [-0.2, -0.15) is 9.65 Å². The first kappa shape index (κ1) is 20.8. The van der Waals surface area contributed by atoms with E-state index < -0.39 is 14.3 Å². The van der Waals surface area contributed by atoms with Gasteiger partial charge < -0.3 is 9.74 Å². The molecule has 1 N–H and O–H groups in total. The minimum absolute atomic E-state index is 0.00977. The fraction of sp³-hybridized carbons (Fsp3) is 0.737. The predicted octanol–water partition coefficient (Wildman–Crippen LogP) is 4.87. The number of hydrogen-bond donors (Lipinski definition) is 1. The first-order valence-electron chi connectivity index (χ1n) is 9.53. The van der Waals surface area contributed by atoms with Crippen LogP contribution in [0.1, 0.15) is 60.1 Å². The molecule has 26 heavy (non-hydrogen) atoms. The summed E-state index contributed by atoms with van der Waals surface area (Å²) in [6.07, 6.45) is 2.99. The molecule has 1 aliphatic carbocycles. The molecule has 2 rings (SSSR count). The smallest absolute Gasteiger partial charge is 0.232 e. The fourth-order valence-corrected chi connectivity index (χ4v) is 10.0. The zero-order valence-electron chi connectivity index (χ0n) is 16.7. The van der Waals surface area contributed by atoms with Crippen LogP contribution in [-0.2, 0) is 4.43 Å². The van der Waals surface area contributed by atoms with Gasteiger partial charge in [-0.3, -0.25) is 0 Å². The number of aromatic nitrogens is 2. The summed E-state index contributed by atoms with van der Waals surface area (Å²) >= 11 is 0. The highest BCUT2D eigenvalue weighted by Crippen LogP contribution is 2.43. The van der Waals surface area contributed by atoms with E-state index in [2.05, 4.69) is 56.8 Å². The predicted molar refractivity (Wildman–Crippen MR) is 104 cm³/mol. The highest BCUT2D eigenvalue weighted by atomic mass is 28.4. The molecule has 7 heteroatoms. The lowest BCUT2D eigenvalue weighted by atomic mass is 9.81. The summed E-state index contributed by atoms with van der Waals surface area (Å²) in [4.78, 5) is 7.53. The second-order valence-corrected chi connectivity index (χ2v) is 13.8. The third kappa shape index (κ3) is 4.24. The van der Waals surface area contributed by atoms with Crippen molar-refractivity contribution in [3.05, 3.63) is 17.8 Å². The normalized spacial score (nSPS) is 20.3. The summed E-state index contributed by atoms with van der Waals surface area (Å²) in [5.41, 5.74) is 1.77. The standard InChI is InChI=1S/C19H31FN4OSi/c1-12(2)26(13(3)4,14(5)6)25-11-15-7-16(8-15)23-19-17(9-21)24-18(20)10-22-19/h10,12-16H,7-8,11H2,1-6H3,(H,22,23). The quantitative estimate of drug-likeness (QED) is 0.653. The largest absolute Gasteiger partial charge is 0.416 e. The number of nitriles is 1. The van der Waals surface area contributed by atoms with Gasteiger partial charge in [-0.1, -0.05) is 41.5 Å². The number of rotatable bonds is 8. The van der Waals surface area contributed by atoms with Gasteiger partial charge in [0, 0.05) is 12.6 Å². The Morgan fingerprint density at radius 1 is 1.23 bits per heavy atom. The number of hydrogen-bond acceptors (Lipinski definition) is 5. The monoisotopic (exact) mass is 378 g/mol. The zero-order valence-corrected chi connectivity index (χ0v) is 17.7. The summed E-state index contributed by atoms with van der Waals surface area (Å²) < 4.78 is 19.7. The molecule has 0 amide bonds. The maximum atomic E-state index is 13.1. The van der Waals surface area contributed by atoms with E-state index in [1.54, 1.807) is 0 Å². The third-order valence-corrected chi connectivity index (χ3v) is 11.8. The highest BCUT2D eigenvalue weighted by molar-refractivity contribution is 6.77. The van der Waals surface area contributed by atoms with Crippen molar-refractivity contribution in [2.24, 2.45) is 5.92 Å². The number of nitrogens with one attached hydrogen (secondary N) is 1. The van der Waals surface area contributed by atoms with Crippen molar-refractivity contribution in [1.82, 2.24) is 9.97 Å². The topological polar surface area (TPSA) is 70.8 Å². The molecule has 1 aliphatic rings. The molecule has 0 radical (unpaired) electrons. The van der Waals surface area contributed by atoms with E-state index in [0.29, 0.717) is 28.4 Å². The number of halogens is 1. The van der Waals surface area contributed by atoms with Crippen LogP contribution in [0.3, 0.4) is 0 Å². The van der Waals surface area contributed by atoms with Crippen LogP contribution in [0.2, 0.25) is 16.6 Å². The van der Waals surface area contributed by atoms with Crippen molar-refractivity contribution in [3.63, 3.8) is 0 Å². The summed E-state index contributed by atoms with van der Waals surface area (Å²) in [6, 6.07) is 2.13. The van der Waals surface area contributed by atoms with Gasteiger partial charge in [0.1, 0.15) is 6.07 Å². The average molecular weight is 379 g/mol. The van der Waals surface area contributed by atoms with E-state index >= 15 is 0 Å².